The highest BCUT2D eigenvalue weighted by atomic mass is 35.5. The number of halogens is 1. The molecule has 0 bridgehead atoms. The Morgan fingerprint density at radius 2 is 2.30 bits per heavy atom. The Morgan fingerprint density at radius 3 is 2.90 bits per heavy atom. The molecule has 0 spiro atoms. The zero-order valence-electron chi connectivity index (χ0n) is 10.9. The van der Waals surface area contributed by atoms with Crippen LogP contribution in [-0.4, -0.2) is 30.5 Å². The van der Waals surface area contributed by atoms with Crippen molar-refractivity contribution in [1.29, 1.82) is 0 Å². The van der Waals surface area contributed by atoms with Crippen molar-refractivity contribution < 1.29 is 4.79 Å². The van der Waals surface area contributed by atoms with E-state index in [1.165, 1.54) is 22.7 Å². The molecule has 1 aliphatic rings. The molecular formula is C13H14ClN3OS2. The van der Waals surface area contributed by atoms with E-state index in [0.29, 0.717) is 10.8 Å². The predicted molar refractivity (Wildman–Crippen MR) is 83.9 cm³/mol. The zero-order valence-corrected chi connectivity index (χ0v) is 13.3. The van der Waals surface area contributed by atoms with Gasteiger partial charge in [-0.2, -0.15) is 0 Å². The molecule has 1 aliphatic heterocycles. The second-order valence-corrected chi connectivity index (χ2v) is 7.49. The number of aryl methyl sites for hydroxylation is 1. The molecule has 0 aromatic carbocycles. The molecule has 106 valence electrons. The summed E-state index contributed by atoms with van der Waals surface area (Å²) in [6, 6.07) is 3.79. The Kier molecular flexibility index (Phi) is 4.07. The summed E-state index contributed by atoms with van der Waals surface area (Å²) in [5.74, 6) is 0.531. The van der Waals surface area contributed by atoms with Gasteiger partial charge in [0.1, 0.15) is 9.88 Å². The fourth-order valence-electron chi connectivity index (χ4n) is 1.95. The van der Waals surface area contributed by atoms with Crippen molar-refractivity contribution in [3.05, 3.63) is 27.0 Å². The van der Waals surface area contributed by atoms with Gasteiger partial charge in [0.25, 0.3) is 5.91 Å². The van der Waals surface area contributed by atoms with Gasteiger partial charge < -0.3 is 10.6 Å². The molecule has 2 aromatic heterocycles. The summed E-state index contributed by atoms with van der Waals surface area (Å²) in [5, 5.41) is 7.03. The lowest BCUT2D eigenvalue weighted by Crippen LogP contribution is -2.48. The molecule has 2 N–H and O–H groups in total. The molecule has 3 heterocycles. The maximum atomic E-state index is 12.2. The Hall–Kier alpha value is -0.950. The SMILES string of the molecule is Cc1nc(-c2ccc(Cl)s2)sc1C(=O)NCC1CNC1. The van der Waals surface area contributed by atoms with Crippen LogP contribution < -0.4 is 10.6 Å². The molecule has 4 nitrogen and oxygen atoms in total. The minimum absolute atomic E-state index is 0.0270. The fraction of sp³-hybridized carbons (Fsp3) is 0.385. The molecule has 20 heavy (non-hydrogen) atoms. The van der Waals surface area contributed by atoms with Crippen molar-refractivity contribution in [1.82, 2.24) is 15.6 Å². The normalized spacial score (nSPS) is 15.1. The first-order valence-electron chi connectivity index (χ1n) is 6.35. The number of carbonyl (C=O) groups excluding carboxylic acids is 1. The van der Waals surface area contributed by atoms with Gasteiger partial charge in [-0.1, -0.05) is 11.6 Å². The van der Waals surface area contributed by atoms with E-state index in [-0.39, 0.29) is 5.91 Å². The number of carbonyl (C=O) groups is 1. The lowest BCUT2D eigenvalue weighted by atomic mass is 10.0. The van der Waals surface area contributed by atoms with Gasteiger partial charge in [-0.25, -0.2) is 4.98 Å². The fourth-order valence-corrected chi connectivity index (χ4v) is 4.03. The van der Waals surface area contributed by atoms with E-state index in [1.54, 1.807) is 0 Å². The minimum atomic E-state index is -0.0270. The van der Waals surface area contributed by atoms with Crippen LogP contribution in [-0.2, 0) is 0 Å². The van der Waals surface area contributed by atoms with Crippen LogP contribution in [0.4, 0.5) is 0 Å². The highest BCUT2D eigenvalue weighted by Gasteiger charge is 2.20. The van der Waals surface area contributed by atoms with Crippen molar-refractivity contribution in [3.63, 3.8) is 0 Å². The van der Waals surface area contributed by atoms with E-state index >= 15 is 0 Å². The summed E-state index contributed by atoms with van der Waals surface area (Å²) in [4.78, 5) is 18.3. The third-order valence-electron chi connectivity index (χ3n) is 3.20. The first kappa shape index (κ1) is 14.0. The number of hydrogen-bond acceptors (Lipinski definition) is 5. The van der Waals surface area contributed by atoms with Crippen LogP contribution in [0, 0.1) is 12.8 Å². The van der Waals surface area contributed by atoms with Gasteiger partial charge in [-0.15, -0.1) is 22.7 Å². The molecule has 1 saturated heterocycles. The van der Waals surface area contributed by atoms with Gasteiger partial charge in [-0.3, -0.25) is 4.79 Å². The number of thiazole rings is 1. The van der Waals surface area contributed by atoms with E-state index in [4.69, 9.17) is 11.6 Å². The van der Waals surface area contributed by atoms with Crippen LogP contribution in [0.2, 0.25) is 4.34 Å². The van der Waals surface area contributed by atoms with E-state index in [0.717, 1.165) is 39.5 Å². The number of rotatable bonds is 4. The predicted octanol–water partition coefficient (Wildman–Crippen LogP) is 2.78. The lowest BCUT2D eigenvalue weighted by Gasteiger charge is -2.26. The summed E-state index contributed by atoms with van der Waals surface area (Å²) in [6.45, 7) is 4.57. The van der Waals surface area contributed by atoms with Gasteiger partial charge in [0.2, 0.25) is 0 Å². The van der Waals surface area contributed by atoms with Crippen molar-refractivity contribution in [2.24, 2.45) is 5.92 Å². The first-order valence-corrected chi connectivity index (χ1v) is 8.36. The molecule has 1 amide bonds. The van der Waals surface area contributed by atoms with E-state index in [1.807, 2.05) is 19.1 Å². The van der Waals surface area contributed by atoms with Gasteiger partial charge in [0, 0.05) is 25.6 Å². The topological polar surface area (TPSA) is 54.0 Å². The molecule has 0 atom stereocenters. The average Bonchev–Trinajstić information content (AvgIpc) is 2.93. The minimum Gasteiger partial charge on any atom is -0.351 e. The average molecular weight is 328 g/mol. The van der Waals surface area contributed by atoms with Gasteiger partial charge in [0.15, 0.2) is 0 Å². The first-order chi connectivity index (χ1) is 9.63. The zero-order chi connectivity index (χ0) is 14.1. The molecule has 0 radical (unpaired) electrons. The summed E-state index contributed by atoms with van der Waals surface area (Å²) in [7, 11) is 0. The highest BCUT2D eigenvalue weighted by Crippen LogP contribution is 2.34. The maximum Gasteiger partial charge on any atom is 0.263 e. The maximum absolute atomic E-state index is 12.2. The van der Waals surface area contributed by atoms with Crippen LogP contribution in [0.3, 0.4) is 0 Å². The molecule has 0 aliphatic carbocycles. The largest absolute Gasteiger partial charge is 0.351 e. The monoisotopic (exact) mass is 327 g/mol. The number of nitrogens with one attached hydrogen (secondary N) is 2. The molecule has 0 saturated carbocycles. The second kappa shape index (κ2) is 5.81. The van der Waals surface area contributed by atoms with Crippen LogP contribution in [0.1, 0.15) is 15.4 Å². The summed E-state index contributed by atoms with van der Waals surface area (Å²) < 4.78 is 0.733. The summed E-state index contributed by atoms with van der Waals surface area (Å²) in [6.07, 6.45) is 0. The molecule has 7 heteroatoms. The Balaban J connectivity index is 1.72. The summed E-state index contributed by atoms with van der Waals surface area (Å²) in [5.41, 5.74) is 0.777. The van der Waals surface area contributed by atoms with Gasteiger partial charge >= 0.3 is 0 Å². The van der Waals surface area contributed by atoms with Crippen LogP contribution >= 0.6 is 34.3 Å². The standard InChI is InChI=1S/C13H14ClN3OS2/c1-7-11(12(18)16-6-8-4-15-5-8)20-13(17-7)9-2-3-10(14)19-9/h2-3,8,15H,4-6H2,1H3,(H,16,18). The van der Waals surface area contributed by atoms with Gasteiger partial charge in [0.05, 0.1) is 14.9 Å². The van der Waals surface area contributed by atoms with E-state index in [9.17, 15) is 4.79 Å². The highest BCUT2D eigenvalue weighted by molar-refractivity contribution is 7.24. The number of nitrogens with zero attached hydrogens (tertiary/aromatic N) is 1. The lowest BCUT2D eigenvalue weighted by molar-refractivity contribution is 0.0945. The molecule has 0 unspecified atom stereocenters. The van der Waals surface area contributed by atoms with Crippen LogP contribution in [0.5, 0.6) is 0 Å². The number of aromatic nitrogens is 1. The van der Waals surface area contributed by atoms with Crippen LogP contribution in [0.15, 0.2) is 12.1 Å². The number of hydrogen-bond donors (Lipinski definition) is 2. The van der Waals surface area contributed by atoms with Gasteiger partial charge in [-0.05, 0) is 19.1 Å². The smallest absolute Gasteiger partial charge is 0.263 e. The van der Waals surface area contributed by atoms with Crippen molar-refractivity contribution in [3.8, 4) is 9.88 Å². The van der Waals surface area contributed by atoms with Crippen molar-refractivity contribution >= 4 is 40.2 Å². The quantitative estimate of drug-likeness (QED) is 0.908. The van der Waals surface area contributed by atoms with Crippen LogP contribution in [0.25, 0.3) is 9.88 Å². The molecular weight excluding hydrogens is 314 g/mol. The van der Waals surface area contributed by atoms with Crippen molar-refractivity contribution in [2.75, 3.05) is 19.6 Å². The summed E-state index contributed by atoms with van der Waals surface area (Å²) >= 11 is 8.84. The Labute approximate surface area is 130 Å². The number of amides is 1. The number of thiophene rings is 1. The Morgan fingerprint density at radius 1 is 1.50 bits per heavy atom. The second-order valence-electron chi connectivity index (χ2n) is 4.77. The third-order valence-corrected chi connectivity index (χ3v) is 5.76. The van der Waals surface area contributed by atoms with E-state index in [2.05, 4.69) is 15.6 Å². The van der Waals surface area contributed by atoms with Crippen molar-refractivity contribution in [2.45, 2.75) is 6.92 Å². The Bertz CT molecular complexity index is 633. The molecule has 2 aromatic rings. The van der Waals surface area contributed by atoms with E-state index < -0.39 is 0 Å². The third kappa shape index (κ3) is 2.88. The molecule has 3 rings (SSSR count). The molecule has 1 fully saturated rings.